The minimum Gasteiger partial charge on any atom is -0.390 e. The van der Waals surface area contributed by atoms with Crippen molar-refractivity contribution in [3.8, 4) is 11.1 Å². The zero-order valence-corrected chi connectivity index (χ0v) is 20.7. The number of rotatable bonds is 9. The molecule has 0 radical (unpaired) electrons. The second-order valence-electron chi connectivity index (χ2n) is 9.47. The molecule has 1 aromatic heterocycles. The van der Waals surface area contributed by atoms with Gasteiger partial charge in [-0.2, -0.15) is 11.3 Å². The van der Waals surface area contributed by atoms with Crippen LogP contribution in [0.2, 0.25) is 0 Å². The lowest BCUT2D eigenvalue weighted by molar-refractivity contribution is -0.120. The predicted molar refractivity (Wildman–Crippen MR) is 140 cm³/mol. The Hall–Kier alpha value is -2.61. The number of carbonyl (C=O) groups excluding carboxylic acids is 1. The second-order valence-corrected chi connectivity index (χ2v) is 10.3. The summed E-state index contributed by atoms with van der Waals surface area (Å²) in [6.07, 6.45) is 4.43. The average molecular weight is 503 g/mol. The van der Waals surface area contributed by atoms with Crippen LogP contribution in [0.15, 0.2) is 59.3 Å². The molecule has 1 aliphatic rings. The molecule has 1 aliphatic carbocycles. The third kappa shape index (κ3) is 6.54. The van der Waals surface area contributed by atoms with Crippen molar-refractivity contribution in [2.75, 3.05) is 6.54 Å². The van der Waals surface area contributed by atoms with E-state index in [0.717, 1.165) is 31.7 Å². The largest absolute Gasteiger partial charge is 0.390 e. The Morgan fingerprint density at radius 2 is 1.83 bits per heavy atom. The monoisotopic (exact) mass is 502 g/mol. The molecule has 35 heavy (non-hydrogen) atoms. The van der Waals surface area contributed by atoms with Crippen LogP contribution in [0.3, 0.4) is 0 Å². The van der Waals surface area contributed by atoms with Gasteiger partial charge in [-0.1, -0.05) is 37.5 Å². The van der Waals surface area contributed by atoms with Crippen molar-refractivity contribution >= 4 is 17.2 Å². The third-order valence-electron chi connectivity index (χ3n) is 6.86. The minimum atomic E-state index is -0.941. The first-order chi connectivity index (χ1) is 16.8. The van der Waals surface area contributed by atoms with Gasteiger partial charge in [0, 0.05) is 27.9 Å². The van der Waals surface area contributed by atoms with E-state index in [2.05, 4.69) is 51.7 Å². The molecule has 2 aromatic carbocycles. The number of hydrogen-bond donors (Lipinski definition) is 3. The van der Waals surface area contributed by atoms with Crippen molar-refractivity contribution in [3.05, 3.63) is 82.1 Å². The maximum absolute atomic E-state index is 13.7. The number of benzene rings is 2. The molecule has 7 heteroatoms. The first-order valence-electron chi connectivity index (χ1n) is 12.1. The highest BCUT2D eigenvalue weighted by Crippen LogP contribution is 2.38. The normalized spacial score (nSPS) is 17.0. The van der Waals surface area contributed by atoms with Gasteiger partial charge in [0.05, 0.1) is 12.1 Å². The number of aliphatic hydroxyl groups is 1. The molecule has 3 N–H and O–H groups in total. The highest BCUT2D eigenvalue weighted by molar-refractivity contribution is 7.08. The van der Waals surface area contributed by atoms with Gasteiger partial charge in [0.2, 0.25) is 5.91 Å². The number of aliphatic hydroxyl groups excluding tert-OH is 1. The van der Waals surface area contributed by atoms with Crippen molar-refractivity contribution in [3.63, 3.8) is 0 Å². The average Bonchev–Trinajstić information content (AvgIpc) is 3.37. The van der Waals surface area contributed by atoms with Gasteiger partial charge >= 0.3 is 0 Å². The Bertz CT molecular complexity index is 1120. The Morgan fingerprint density at radius 1 is 1.09 bits per heavy atom. The molecule has 2 unspecified atom stereocenters. The molecule has 0 saturated heterocycles. The minimum absolute atomic E-state index is 0. The summed E-state index contributed by atoms with van der Waals surface area (Å²) in [7, 11) is 0. The van der Waals surface area contributed by atoms with Crippen LogP contribution in [0.4, 0.5) is 8.78 Å². The van der Waals surface area contributed by atoms with Gasteiger partial charge in [0.1, 0.15) is 11.6 Å². The molecular weight excluding hydrogens is 466 g/mol. The highest BCUT2D eigenvalue weighted by Gasteiger charge is 2.35. The van der Waals surface area contributed by atoms with Crippen LogP contribution in [-0.4, -0.2) is 29.7 Å². The molecule has 1 fully saturated rings. The summed E-state index contributed by atoms with van der Waals surface area (Å²) in [5, 5.41) is 21.7. The van der Waals surface area contributed by atoms with E-state index >= 15 is 0 Å². The summed E-state index contributed by atoms with van der Waals surface area (Å²) < 4.78 is 27.4. The van der Waals surface area contributed by atoms with Crippen LogP contribution in [-0.2, 0) is 16.8 Å². The quantitative estimate of drug-likeness (QED) is 0.334. The van der Waals surface area contributed by atoms with Crippen molar-refractivity contribution in [1.82, 2.24) is 10.6 Å². The fourth-order valence-corrected chi connectivity index (χ4v) is 5.78. The van der Waals surface area contributed by atoms with Gasteiger partial charge in [0.25, 0.3) is 0 Å². The smallest absolute Gasteiger partial charge is 0.217 e. The van der Waals surface area contributed by atoms with Crippen LogP contribution >= 0.6 is 11.3 Å². The van der Waals surface area contributed by atoms with Crippen molar-refractivity contribution in [1.29, 1.82) is 0 Å². The van der Waals surface area contributed by atoms with E-state index in [9.17, 15) is 18.7 Å². The first kappa shape index (κ1) is 25.5. The molecule has 0 bridgehead atoms. The standard InChI is InChI=1S/C28H32F2N2O2S.2H2/c1-19(33)32-26(14-20-12-24(29)16-25(30)13-20)27(34)17-31-28(9-3-2-4-10-28)23-7-5-6-21(15-23)22-8-11-35-18-22;;/h5-8,11-13,15-16,18,26-27,31,34H,2-4,9-10,14,17H2,1H3,(H,32,33);2*1H. The number of amides is 1. The Kier molecular flexibility index (Phi) is 8.31. The Morgan fingerprint density at radius 3 is 2.49 bits per heavy atom. The fraction of sp³-hybridized carbons (Fsp3) is 0.393. The highest BCUT2D eigenvalue weighted by atomic mass is 32.1. The third-order valence-corrected chi connectivity index (χ3v) is 7.54. The molecule has 0 spiro atoms. The summed E-state index contributed by atoms with van der Waals surface area (Å²) in [6.45, 7) is 1.61. The molecule has 1 amide bonds. The molecule has 1 heterocycles. The molecule has 3 aromatic rings. The SMILES string of the molecule is CC(=O)NC(Cc1cc(F)cc(F)c1)C(O)CNC1(c2cccc(-c3ccsc3)c2)CCCCC1.[HH].[HH]. The number of thiophene rings is 1. The zero-order valence-electron chi connectivity index (χ0n) is 19.9. The lowest BCUT2D eigenvalue weighted by atomic mass is 9.76. The van der Waals surface area contributed by atoms with Gasteiger partial charge in [0.15, 0.2) is 0 Å². The summed E-state index contributed by atoms with van der Waals surface area (Å²) in [5.41, 5.74) is 3.65. The molecule has 190 valence electrons. The van der Waals surface area contributed by atoms with Crippen LogP contribution in [0.25, 0.3) is 11.1 Å². The van der Waals surface area contributed by atoms with E-state index in [1.54, 1.807) is 11.3 Å². The van der Waals surface area contributed by atoms with E-state index in [1.807, 2.05) is 0 Å². The van der Waals surface area contributed by atoms with Crippen LogP contribution in [0.1, 0.15) is 53.0 Å². The van der Waals surface area contributed by atoms with Gasteiger partial charge in [-0.05, 0) is 76.5 Å². The molecular formula is C28H36F2N2O2S. The maximum atomic E-state index is 13.7. The van der Waals surface area contributed by atoms with Crippen LogP contribution in [0.5, 0.6) is 0 Å². The van der Waals surface area contributed by atoms with Crippen molar-refractivity contribution in [2.45, 2.75) is 63.1 Å². The second kappa shape index (κ2) is 11.4. The van der Waals surface area contributed by atoms with Crippen molar-refractivity contribution in [2.24, 2.45) is 0 Å². The summed E-state index contributed by atoms with van der Waals surface area (Å²) >= 11 is 1.67. The van der Waals surface area contributed by atoms with Crippen molar-refractivity contribution < 1.29 is 21.5 Å². The maximum Gasteiger partial charge on any atom is 0.217 e. The number of hydrogen-bond acceptors (Lipinski definition) is 4. The van der Waals surface area contributed by atoms with E-state index < -0.39 is 23.8 Å². The summed E-state index contributed by atoms with van der Waals surface area (Å²) in [4.78, 5) is 11.8. The molecule has 2 atom stereocenters. The van der Waals surface area contributed by atoms with Crippen LogP contribution in [0, 0.1) is 11.6 Å². The Labute approximate surface area is 212 Å². The van der Waals surface area contributed by atoms with Crippen LogP contribution < -0.4 is 10.6 Å². The number of halogens is 2. The van der Waals surface area contributed by atoms with Gasteiger partial charge in [-0.25, -0.2) is 8.78 Å². The van der Waals surface area contributed by atoms with E-state index in [-0.39, 0.29) is 27.3 Å². The molecule has 4 rings (SSSR count). The van der Waals surface area contributed by atoms with Gasteiger partial charge < -0.3 is 15.7 Å². The first-order valence-corrected chi connectivity index (χ1v) is 13.1. The number of carbonyl (C=O) groups is 1. The topological polar surface area (TPSA) is 61.4 Å². The molecule has 1 saturated carbocycles. The summed E-state index contributed by atoms with van der Waals surface area (Å²) in [5.74, 6) is -1.66. The lowest BCUT2D eigenvalue weighted by Gasteiger charge is -2.40. The Balaban J connectivity index is 0.00000241. The van der Waals surface area contributed by atoms with E-state index in [0.29, 0.717) is 5.56 Å². The van der Waals surface area contributed by atoms with E-state index in [4.69, 9.17) is 0 Å². The molecule has 4 nitrogen and oxygen atoms in total. The van der Waals surface area contributed by atoms with Gasteiger partial charge in [-0.3, -0.25) is 4.79 Å². The zero-order chi connectivity index (χ0) is 24.8. The fourth-order valence-electron chi connectivity index (χ4n) is 5.12. The predicted octanol–water partition coefficient (Wildman–Crippen LogP) is 6.04. The van der Waals surface area contributed by atoms with Gasteiger partial charge in [-0.15, -0.1) is 0 Å². The molecule has 0 aliphatic heterocycles. The number of nitrogens with one attached hydrogen (secondary N) is 2. The lowest BCUT2D eigenvalue weighted by Crippen LogP contribution is -2.53. The van der Waals surface area contributed by atoms with E-state index in [1.165, 1.54) is 42.2 Å². The summed E-state index contributed by atoms with van der Waals surface area (Å²) in [6, 6.07) is 13.3.